The molecule has 0 bridgehead atoms. The zero-order valence-electron chi connectivity index (χ0n) is 10.6. The molecule has 0 saturated carbocycles. The summed E-state index contributed by atoms with van der Waals surface area (Å²) in [5.74, 6) is 0.0964. The largest absolute Gasteiger partial charge is 0.445 e. The van der Waals surface area contributed by atoms with Gasteiger partial charge in [0.1, 0.15) is 12.6 Å². The third-order valence-electron chi connectivity index (χ3n) is 3.20. The Morgan fingerprint density at radius 1 is 1.28 bits per heavy atom. The number of ketones is 1. The first-order valence-electron chi connectivity index (χ1n) is 6.17. The molecular weight excluding hydrogens is 230 g/mol. The van der Waals surface area contributed by atoms with E-state index in [-0.39, 0.29) is 24.5 Å². The van der Waals surface area contributed by atoms with Gasteiger partial charge in [-0.15, -0.1) is 0 Å². The van der Waals surface area contributed by atoms with E-state index in [1.54, 1.807) is 6.92 Å². The summed E-state index contributed by atoms with van der Waals surface area (Å²) in [5, 5.41) is 0. The molecule has 1 aromatic carbocycles. The van der Waals surface area contributed by atoms with Gasteiger partial charge in [0.2, 0.25) is 0 Å². The number of Topliss-reactive ketones (excluding diaryl/α,β-unsaturated/α-hetero) is 1. The van der Waals surface area contributed by atoms with E-state index in [1.165, 1.54) is 4.90 Å². The van der Waals surface area contributed by atoms with Crippen LogP contribution in [-0.4, -0.2) is 28.9 Å². The molecule has 1 aliphatic rings. The predicted octanol–water partition coefficient (Wildman–Crippen LogP) is 2.38. The number of hydrogen-bond donors (Lipinski definition) is 0. The monoisotopic (exact) mass is 247 g/mol. The number of hydrogen-bond acceptors (Lipinski definition) is 3. The number of carbonyl (C=O) groups excluding carboxylic acids is 2. The zero-order chi connectivity index (χ0) is 13.1. The second kappa shape index (κ2) is 5.21. The van der Waals surface area contributed by atoms with E-state index in [9.17, 15) is 9.59 Å². The summed E-state index contributed by atoms with van der Waals surface area (Å²) in [6.45, 7) is 3.92. The highest BCUT2D eigenvalue weighted by molar-refractivity contribution is 5.92. The lowest BCUT2D eigenvalue weighted by atomic mass is 10.2. The van der Waals surface area contributed by atoms with Gasteiger partial charge in [-0.1, -0.05) is 37.3 Å². The van der Waals surface area contributed by atoms with Gasteiger partial charge in [0.05, 0.1) is 6.04 Å². The third kappa shape index (κ3) is 2.53. The molecule has 1 aromatic rings. The maximum Gasteiger partial charge on any atom is 0.411 e. The van der Waals surface area contributed by atoms with Gasteiger partial charge in [-0.3, -0.25) is 9.69 Å². The number of amides is 1. The second-order valence-electron chi connectivity index (χ2n) is 4.45. The van der Waals surface area contributed by atoms with Crippen molar-refractivity contribution < 1.29 is 14.3 Å². The highest BCUT2D eigenvalue weighted by atomic mass is 16.6. The number of nitrogens with zero attached hydrogens (tertiary/aromatic N) is 1. The Morgan fingerprint density at radius 3 is 2.56 bits per heavy atom. The van der Waals surface area contributed by atoms with Crippen LogP contribution in [0.4, 0.5) is 4.79 Å². The third-order valence-corrected chi connectivity index (χ3v) is 3.20. The van der Waals surface area contributed by atoms with Crippen molar-refractivity contribution in [2.75, 3.05) is 0 Å². The van der Waals surface area contributed by atoms with Gasteiger partial charge in [0.25, 0.3) is 0 Å². The van der Waals surface area contributed by atoms with Crippen molar-refractivity contribution in [3.8, 4) is 0 Å². The van der Waals surface area contributed by atoms with Gasteiger partial charge in [-0.25, -0.2) is 4.79 Å². The Labute approximate surface area is 107 Å². The molecule has 1 fully saturated rings. The van der Waals surface area contributed by atoms with Gasteiger partial charge in [-0.05, 0) is 12.5 Å². The van der Waals surface area contributed by atoms with Crippen LogP contribution in [0.25, 0.3) is 0 Å². The average Bonchev–Trinajstić information content (AvgIpc) is 3.08. The van der Waals surface area contributed by atoms with Gasteiger partial charge < -0.3 is 4.74 Å². The summed E-state index contributed by atoms with van der Waals surface area (Å²) < 4.78 is 5.18. The van der Waals surface area contributed by atoms with Crippen LogP contribution in [0.15, 0.2) is 30.3 Å². The Bertz CT molecular complexity index is 444. The molecule has 18 heavy (non-hydrogen) atoms. The summed E-state index contributed by atoms with van der Waals surface area (Å²) in [4.78, 5) is 24.8. The van der Waals surface area contributed by atoms with Gasteiger partial charge in [0, 0.05) is 6.42 Å². The minimum absolute atomic E-state index is 0.0271. The molecule has 0 radical (unpaired) electrons. The number of rotatable bonds is 4. The van der Waals surface area contributed by atoms with E-state index >= 15 is 0 Å². The van der Waals surface area contributed by atoms with Crippen LogP contribution in [0.5, 0.6) is 0 Å². The Kier molecular flexibility index (Phi) is 3.65. The SMILES string of the molecule is CCC(=O)C1C(C)N1C(=O)OCc1ccccc1. The Morgan fingerprint density at radius 2 is 1.94 bits per heavy atom. The minimum Gasteiger partial charge on any atom is -0.445 e. The zero-order valence-corrected chi connectivity index (χ0v) is 10.6. The molecule has 4 heteroatoms. The molecule has 96 valence electrons. The normalized spacial score (nSPS) is 21.6. The maximum absolute atomic E-state index is 11.8. The summed E-state index contributed by atoms with van der Waals surface area (Å²) in [7, 11) is 0. The molecule has 2 atom stereocenters. The van der Waals surface area contributed by atoms with E-state index in [1.807, 2.05) is 37.3 Å². The van der Waals surface area contributed by atoms with Crippen molar-refractivity contribution in [1.82, 2.24) is 4.90 Å². The number of ether oxygens (including phenoxy) is 1. The quantitative estimate of drug-likeness (QED) is 0.767. The molecular formula is C14H17NO3. The molecule has 4 nitrogen and oxygen atoms in total. The van der Waals surface area contributed by atoms with Gasteiger partial charge >= 0.3 is 6.09 Å². The standard InChI is InChI=1S/C14H17NO3/c1-3-12(16)13-10(2)15(13)14(17)18-9-11-7-5-4-6-8-11/h4-8,10,13H,3,9H2,1-2H3. The maximum atomic E-state index is 11.8. The van der Waals surface area contributed by atoms with E-state index in [0.717, 1.165) is 5.56 Å². The first-order valence-corrected chi connectivity index (χ1v) is 6.17. The second-order valence-corrected chi connectivity index (χ2v) is 4.45. The predicted molar refractivity (Wildman–Crippen MR) is 67.0 cm³/mol. The smallest absolute Gasteiger partial charge is 0.411 e. The van der Waals surface area contributed by atoms with Crippen LogP contribution in [0.1, 0.15) is 25.8 Å². The van der Waals surface area contributed by atoms with Crippen molar-refractivity contribution in [2.45, 2.75) is 39.0 Å². The summed E-state index contributed by atoms with van der Waals surface area (Å²) in [6, 6.07) is 9.19. The van der Waals surface area contributed by atoms with Gasteiger partial charge in [-0.2, -0.15) is 0 Å². The Balaban J connectivity index is 1.85. The van der Waals surface area contributed by atoms with Crippen molar-refractivity contribution >= 4 is 11.9 Å². The molecule has 0 spiro atoms. The molecule has 1 heterocycles. The minimum atomic E-state index is -0.404. The first kappa shape index (κ1) is 12.6. The molecule has 1 saturated heterocycles. The fraction of sp³-hybridized carbons (Fsp3) is 0.429. The molecule has 1 amide bonds. The van der Waals surface area contributed by atoms with Gasteiger partial charge in [0.15, 0.2) is 5.78 Å². The van der Waals surface area contributed by atoms with E-state index in [4.69, 9.17) is 4.74 Å². The lowest BCUT2D eigenvalue weighted by molar-refractivity contribution is -0.119. The van der Waals surface area contributed by atoms with Crippen molar-refractivity contribution in [1.29, 1.82) is 0 Å². The molecule has 0 N–H and O–H groups in total. The molecule has 2 unspecified atom stereocenters. The molecule has 0 aliphatic carbocycles. The summed E-state index contributed by atoms with van der Waals surface area (Å²) >= 11 is 0. The lowest BCUT2D eigenvalue weighted by Gasteiger charge is -2.06. The van der Waals surface area contributed by atoms with Crippen LogP contribution in [0, 0.1) is 0 Å². The van der Waals surface area contributed by atoms with Crippen LogP contribution >= 0.6 is 0 Å². The fourth-order valence-electron chi connectivity index (χ4n) is 2.06. The van der Waals surface area contributed by atoms with Crippen LogP contribution in [0.2, 0.25) is 0 Å². The molecule has 2 rings (SSSR count). The van der Waals surface area contributed by atoms with Crippen LogP contribution in [-0.2, 0) is 16.1 Å². The Hall–Kier alpha value is -1.84. The summed E-state index contributed by atoms with van der Waals surface area (Å²) in [5.41, 5.74) is 0.943. The number of carbonyl (C=O) groups is 2. The summed E-state index contributed by atoms with van der Waals surface area (Å²) in [6.07, 6.45) is 0.0513. The van der Waals surface area contributed by atoms with E-state index in [2.05, 4.69) is 0 Å². The fourth-order valence-corrected chi connectivity index (χ4v) is 2.06. The highest BCUT2D eigenvalue weighted by Gasteiger charge is 2.52. The van der Waals surface area contributed by atoms with Crippen molar-refractivity contribution in [3.63, 3.8) is 0 Å². The molecule has 0 aromatic heterocycles. The lowest BCUT2D eigenvalue weighted by Crippen LogP contribution is -2.19. The van der Waals surface area contributed by atoms with Crippen LogP contribution in [0.3, 0.4) is 0 Å². The highest BCUT2D eigenvalue weighted by Crippen LogP contribution is 2.30. The first-order chi connectivity index (χ1) is 8.65. The van der Waals surface area contributed by atoms with E-state index in [0.29, 0.717) is 6.42 Å². The van der Waals surface area contributed by atoms with Crippen molar-refractivity contribution in [2.24, 2.45) is 0 Å². The average molecular weight is 247 g/mol. The van der Waals surface area contributed by atoms with Crippen molar-refractivity contribution in [3.05, 3.63) is 35.9 Å². The molecule has 1 aliphatic heterocycles. The number of benzene rings is 1. The van der Waals surface area contributed by atoms with E-state index < -0.39 is 6.09 Å². The van der Waals surface area contributed by atoms with Crippen LogP contribution < -0.4 is 0 Å². The topological polar surface area (TPSA) is 46.4 Å².